The monoisotopic (exact) mass is 234 g/mol. The Morgan fingerprint density at radius 3 is 2.41 bits per heavy atom. The number of aryl methyl sites for hydroxylation is 1. The molecule has 0 saturated carbocycles. The first-order valence-corrected chi connectivity index (χ1v) is 6.36. The van der Waals surface area contributed by atoms with Gasteiger partial charge >= 0.3 is 5.97 Å². The standard InChI is InChI=1S/C15H22O2/c1-3-15(2,14(16)17)12-8-7-11-13-9-5-4-6-10-13/h4-6,9-10H,3,7-8,11-12H2,1-2H3,(H,16,17). The van der Waals surface area contributed by atoms with Gasteiger partial charge in [-0.05, 0) is 38.2 Å². The normalized spacial score (nSPS) is 14.2. The molecular formula is C15H22O2. The quantitative estimate of drug-likeness (QED) is 0.726. The number of carboxylic acid groups (broad SMARTS) is 1. The van der Waals surface area contributed by atoms with E-state index in [0.29, 0.717) is 6.42 Å². The fourth-order valence-electron chi connectivity index (χ4n) is 1.92. The maximum absolute atomic E-state index is 11.1. The summed E-state index contributed by atoms with van der Waals surface area (Å²) in [5.41, 5.74) is 0.789. The molecule has 0 aliphatic heterocycles. The van der Waals surface area contributed by atoms with Crippen molar-refractivity contribution in [1.82, 2.24) is 0 Å². The van der Waals surface area contributed by atoms with Crippen molar-refractivity contribution in [3.05, 3.63) is 35.9 Å². The first kappa shape index (κ1) is 13.8. The van der Waals surface area contributed by atoms with E-state index < -0.39 is 11.4 Å². The number of aliphatic carboxylic acids is 1. The van der Waals surface area contributed by atoms with Crippen LogP contribution >= 0.6 is 0 Å². The van der Waals surface area contributed by atoms with Gasteiger partial charge in [-0.2, -0.15) is 0 Å². The minimum atomic E-state index is -0.667. The van der Waals surface area contributed by atoms with Gasteiger partial charge in [-0.3, -0.25) is 4.79 Å². The van der Waals surface area contributed by atoms with Crippen LogP contribution in [0.2, 0.25) is 0 Å². The van der Waals surface area contributed by atoms with Crippen molar-refractivity contribution in [3.63, 3.8) is 0 Å². The van der Waals surface area contributed by atoms with Gasteiger partial charge in [0.05, 0.1) is 5.41 Å². The van der Waals surface area contributed by atoms with Crippen molar-refractivity contribution in [2.45, 2.75) is 46.0 Å². The van der Waals surface area contributed by atoms with E-state index in [4.69, 9.17) is 5.11 Å². The van der Waals surface area contributed by atoms with Crippen molar-refractivity contribution in [2.24, 2.45) is 5.41 Å². The summed E-state index contributed by atoms with van der Waals surface area (Å²) in [6, 6.07) is 10.3. The lowest BCUT2D eigenvalue weighted by atomic mass is 9.82. The van der Waals surface area contributed by atoms with Crippen LogP contribution < -0.4 is 0 Å². The van der Waals surface area contributed by atoms with Gasteiger partial charge in [0, 0.05) is 0 Å². The van der Waals surface area contributed by atoms with E-state index in [-0.39, 0.29) is 0 Å². The molecule has 0 aromatic heterocycles. The second-order valence-electron chi connectivity index (χ2n) is 4.91. The molecule has 0 heterocycles. The van der Waals surface area contributed by atoms with Crippen LogP contribution in [-0.4, -0.2) is 11.1 Å². The van der Waals surface area contributed by atoms with Gasteiger partial charge in [-0.25, -0.2) is 0 Å². The molecule has 94 valence electrons. The smallest absolute Gasteiger partial charge is 0.309 e. The second-order valence-corrected chi connectivity index (χ2v) is 4.91. The van der Waals surface area contributed by atoms with Crippen molar-refractivity contribution in [3.8, 4) is 0 Å². The summed E-state index contributed by atoms with van der Waals surface area (Å²) in [6.45, 7) is 3.79. The highest BCUT2D eigenvalue weighted by atomic mass is 16.4. The Bertz CT molecular complexity index is 345. The molecule has 1 aromatic carbocycles. The summed E-state index contributed by atoms with van der Waals surface area (Å²) < 4.78 is 0. The first-order chi connectivity index (χ1) is 8.08. The topological polar surface area (TPSA) is 37.3 Å². The fraction of sp³-hybridized carbons (Fsp3) is 0.533. The Morgan fingerprint density at radius 2 is 1.88 bits per heavy atom. The summed E-state index contributed by atoms with van der Waals surface area (Å²) in [5.74, 6) is -0.667. The molecule has 0 bridgehead atoms. The lowest BCUT2D eigenvalue weighted by molar-refractivity contribution is -0.148. The molecule has 1 aromatic rings. The van der Waals surface area contributed by atoms with Gasteiger partial charge in [-0.15, -0.1) is 0 Å². The molecule has 2 nitrogen and oxygen atoms in total. The van der Waals surface area contributed by atoms with Crippen LogP contribution in [0.25, 0.3) is 0 Å². The van der Waals surface area contributed by atoms with Gasteiger partial charge < -0.3 is 5.11 Å². The molecule has 0 spiro atoms. The zero-order valence-corrected chi connectivity index (χ0v) is 10.8. The lowest BCUT2D eigenvalue weighted by Gasteiger charge is -2.22. The summed E-state index contributed by atoms with van der Waals surface area (Å²) >= 11 is 0. The molecule has 0 fully saturated rings. The Morgan fingerprint density at radius 1 is 1.24 bits per heavy atom. The zero-order chi connectivity index (χ0) is 12.7. The van der Waals surface area contributed by atoms with Crippen LogP contribution in [0.4, 0.5) is 0 Å². The molecule has 1 N–H and O–H groups in total. The third-order valence-corrected chi connectivity index (χ3v) is 3.58. The van der Waals surface area contributed by atoms with E-state index in [0.717, 1.165) is 25.7 Å². The maximum Gasteiger partial charge on any atom is 0.309 e. The van der Waals surface area contributed by atoms with Crippen LogP contribution in [0.3, 0.4) is 0 Å². The Kier molecular flexibility index (Phi) is 5.20. The SMILES string of the molecule is CCC(C)(CCCCc1ccccc1)C(=O)O. The van der Waals surface area contributed by atoms with Gasteiger partial charge in [0.15, 0.2) is 0 Å². The van der Waals surface area contributed by atoms with E-state index in [1.807, 2.05) is 32.0 Å². The van der Waals surface area contributed by atoms with E-state index in [1.165, 1.54) is 5.56 Å². The molecule has 0 aliphatic carbocycles. The first-order valence-electron chi connectivity index (χ1n) is 6.36. The maximum atomic E-state index is 11.1. The number of carboxylic acids is 1. The number of carbonyl (C=O) groups is 1. The number of hydrogen-bond donors (Lipinski definition) is 1. The molecule has 0 amide bonds. The summed E-state index contributed by atoms with van der Waals surface area (Å²) in [4.78, 5) is 11.1. The molecule has 1 rings (SSSR count). The minimum absolute atomic E-state index is 0.545. The molecule has 2 heteroatoms. The number of hydrogen-bond acceptors (Lipinski definition) is 1. The van der Waals surface area contributed by atoms with Crippen LogP contribution in [0.1, 0.15) is 45.1 Å². The van der Waals surface area contributed by atoms with Gasteiger partial charge in [-0.1, -0.05) is 43.7 Å². The highest BCUT2D eigenvalue weighted by molar-refractivity contribution is 5.73. The van der Waals surface area contributed by atoms with Crippen molar-refractivity contribution in [2.75, 3.05) is 0 Å². The largest absolute Gasteiger partial charge is 0.481 e. The third kappa shape index (κ3) is 4.22. The molecule has 0 aliphatic rings. The van der Waals surface area contributed by atoms with E-state index in [1.54, 1.807) is 0 Å². The number of benzene rings is 1. The van der Waals surface area contributed by atoms with E-state index >= 15 is 0 Å². The molecule has 1 unspecified atom stereocenters. The minimum Gasteiger partial charge on any atom is -0.481 e. The second kappa shape index (κ2) is 6.43. The van der Waals surface area contributed by atoms with Crippen LogP contribution in [0.15, 0.2) is 30.3 Å². The van der Waals surface area contributed by atoms with Gasteiger partial charge in [0.25, 0.3) is 0 Å². The zero-order valence-electron chi connectivity index (χ0n) is 10.8. The van der Waals surface area contributed by atoms with Crippen molar-refractivity contribution < 1.29 is 9.90 Å². The lowest BCUT2D eigenvalue weighted by Crippen LogP contribution is -2.26. The Hall–Kier alpha value is -1.31. The highest BCUT2D eigenvalue weighted by Gasteiger charge is 2.29. The predicted octanol–water partition coefficient (Wildman–Crippen LogP) is 3.90. The van der Waals surface area contributed by atoms with Crippen LogP contribution in [-0.2, 0) is 11.2 Å². The van der Waals surface area contributed by atoms with Gasteiger partial charge in [0.1, 0.15) is 0 Å². The highest BCUT2D eigenvalue weighted by Crippen LogP contribution is 2.28. The molecule has 0 saturated heterocycles. The molecule has 1 atom stereocenters. The summed E-state index contributed by atoms with van der Waals surface area (Å²) in [7, 11) is 0. The third-order valence-electron chi connectivity index (χ3n) is 3.58. The molecular weight excluding hydrogens is 212 g/mol. The number of rotatable bonds is 7. The van der Waals surface area contributed by atoms with Crippen molar-refractivity contribution >= 4 is 5.97 Å². The van der Waals surface area contributed by atoms with E-state index in [2.05, 4.69) is 12.1 Å². The number of unbranched alkanes of at least 4 members (excludes halogenated alkanes) is 1. The fourth-order valence-corrected chi connectivity index (χ4v) is 1.92. The average molecular weight is 234 g/mol. The van der Waals surface area contributed by atoms with E-state index in [9.17, 15) is 4.79 Å². The Labute approximate surface area is 104 Å². The predicted molar refractivity (Wildman–Crippen MR) is 70.0 cm³/mol. The Balaban J connectivity index is 2.31. The summed E-state index contributed by atoms with van der Waals surface area (Å²) in [5, 5.41) is 9.15. The average Bonchev–Trinajstić information content (AvgIpc) is 2.35. The van der Waals surface area contributed by atoms with Gasteiger partial charge in [0.2, 0.25) is 0 Å². The molecule has 17 heavy (non-hydrogen) atoms. The summed E-state index contributed by atoms with van der Waals surface area (Å²) in [6.07, 6.45) is 4.55. The van der Waals surface area contributed by atoms with Crippen LogP contribution in [0.5, 0.6) is 0 Å². The van der Waals surface area contributed by atoms with Crippen LogP contribution in [0, 0.1) is 5.41 Å². The van der Waals surface area contributed by atoms with Crippen molar-refractivity contribution in [1.29, 1.82) is 0 Å². The molecule has 0 radical (unpaired) electrons.